The number of hydrogen-bond acceptors (Lipinski definition) is 4. The van der Waals surface area contributed by atoms with Gasteiger partial charge in [-0.05, 0) is 26.2 Å². The highest BCUT2D eigenvalue weighted by Crippen LogP contribution is 2.63. The molecule has 19 heavy (non-hydrogen) atoms. The molecule has 0 radical (unpaired) electrons. The largest absolute Gasteiger partial charge is 0.460 e. The standard InChI is InChI=1S/C14H21NO4/c1-13(2,3)19-8(16)6-7-15-11(17)9-10(12(15)18)14(9,4)5/h9-10H,6-7H2,1-5H3. The molecule has 0 aromatic carbocycles. The Morgan fingerprint density at radius 3 is 2.11 bits per heavy atom. The first-order valence-electron chi connectivity index (χ1n) is 6.63. The minimum absolute atomic E-state index is 0.0641. The van der Waals surface area contributed by atoms with Crippen LogP contribution in [0.25, 0.3) is 0 Å². The quantitative estimate of drug-likeness (QED) is 0.572. The highest BCUT2D eigenvalue weighted by molar-refractivity contribution is 6.10. The number of rotatable bonds is 3. The van der Waals surface area contributed by atoms with Crippen LogP contribution in [0, 0.1) is 17.3 Å². The number of amides is 2. The first kappa shape index (κ1) is 14.0. The molecule has 2 aliphatic rings. The molecule has 1 saturated heterocycles. The Morgan fingerprint density at radius 2 is 1.68 bits per heavy atom. The van der Waals surface area contributed by atoms with E-state index in [0.717, 1.165) is 0 Å². The molecule has 1 aliphatic heterocycles. The molecule has 2 fully saturated rings. The molecule has 0 aromatic rings. The molecule has 2 atom stereocenters. The lowest BCUT2D eigenvalue weighted by Gasteiger charge is -2.22. The first-order valence-corrected chi connectivity index (χ1v) is 6.63. The van der Waals surface area contributed by atoms with Crippen LogP contribution < -0.4 is 0 Å². The van der Waals surface area contributed by atoms with E-state index in [4.69, 9.17) is 4.74 Å². The van der Waals surface area contributed by atoms with Crippen molar-refractivity contribution in [3.8, 4) is 0 Å². The molecule has 1 heterocycles. The van der Waals surface area contributed by atoms with E-state index < -0.39 is 5.60 Å². The van der Waals surface area contributed by atoms with Crippen molar-refractivity contribution in [2.24, 2.45) is 17.3 Å². The Kier molecular flexibility index (Phi) is 2.99. The van der Waals surface area contributed by atoms with Crippen molar-refractivity contribution >= 4 is 17.8 Å². The highest BCUT2D eigenvalue weighted by Gasteiger charge is 2.72. The average molecular weight is 267 g/mol. The zero-order valence-electron chi connectivity index (χ0n) is 12.1. The molecule has 0 N–H and O–H groups in total. The molecule has 0 spiro atoms. The summed E-state index contributed by atoms with van der Waals surface area (Å²) in [4.78, 5) is 36.8. The molecule has 0 aromatic heterocycles. The average Bonchev–Trinajstić information content (AvgIpc) is 2.66. The van der Waals surface area contributed by atoms with Crippen LogP contribution in [0.5, 0.6) is 0 Å². The number of esters is 1. The molecule has 5 nitrogen and oxygen atoms in total. The van der Waals surface area contributed by atoms with Gasteiger partial charge in [-0.15, -0.1) is 0 Å². The lowest BCUT2D eigenvalue weighted by Crippen LogP contribution is -2.38. The van der Waals surface area contributed by atoms with Crippen molar-refractivity contribution in [2.75, 3.05) is 6.54 Å². The van der Waals surface area contributed by atoms with Gasteiger partial charge in [0, 0.05) is 6.54 Å². The Morgan fingerprint density at radius 1 is 1.21 bits per heavy atom. The third kappa shape index (κ3) is 2.38. The summed E-state index contributed by atoms with van der Waals surface area (Å²) in [7, 11) is 0. The fourth-order valence-corrected chi connectivity index (χ4v) is 2.82. The lowest BCUT2D eigenvalue weighted by atomic mass is 10.1. The van der Waals surface area contributed by atoms with Gasteiger partial charge in [-0.25, -0.2) is 0 Å². The fraction of sp³-hybridized carbons (Fsp3) is 0.786. The summed E-state index contributed by atoms with van der Waals surface area (Å²) in [5.74, 6) is -1.02. The number of likely N-dealkylation sites (tertiary alicyclic amines) is 1. The molecule has 2 amide bonds. The van der Waals surface area contributed by atoms with Crippen LogP contribution in [-0.2, 0) is 19.1 Å². The molecule has 106 valence electrons. The van der Waals surface area contributed by atoms with Gasteiger partial charge >= 0.3 is 5.97 Å². The summed E-state index contributed by atoms with van der Waals surface area (Å²) >= 11 is 0. The van der Waals surface area contributed by atoms with Gasteiger partial charge in [-0.3, -0.25) is 19.3 Å². The SMILES string of the molecule is CC(C)(C)OC(=O)CCN1C(=O)C2C(C1=O)C2(C)C. The molecule has 1 saturated carbocycles. The Labute approximate surface area is 113 Å². The number of piperidine rings is 1. The summed E-state index contributed by atoms with van der Waals surface area (Å²) in [6, 6.07) is 0. The maximum Gasteiger partial charge on any atom is 0.308 e. The summed E-state index contributed by atoms with van der Waals surface area (Å²) in [5, 5.41) is 0. The topological polar surface area (TPSA) is 63.7 Å². The Balaban J connectivity index is 1.88. The van der Waals surface area contributed by atoms with Gasteiger partial charge in [0.05, 0.1) is 18.3 Å². The van der Waals surface area contributed by atoms with E-state index in [0.29, 0.717) is 0 Å². The van der Waals surface area contributed by atoms with E-state index in [2.05, 4.69) is 0 Å². The lowest BCUT2D eigenvalue weighted by molar-refractivity contribution is -0.155. The third-order valence-corrected chi connectivity index (χ3v) is 3.85. The third-order valence-electron chi connectivity index (χ3n) is 3.85. The van der Waals surface area contributed by atoms with Gasteiger partial charge in [-0.2, -0.15) is 0 Å². The highest BCUT2D eigenvalue weighted by atomic mass is 16.6. The van der Waals surface area contributed by atoms with Gasteiger partial charge in [0.15, 0.2) is 0 Å². The van der Waals surface area contributed by atoms with Crippen LogP contribution in [-0.4, -0.2) is 34.8 Å². The molecular formula is C14H21NO4. The zero-order valence-corrected chi connectivity index (χ0v) is 12.1. The van der Waals surface area contributed by atoms with Gasteiger partial charge < -0.3 is 4.74 Å². The van der Waals surface area contributed by atoms with E-state index in [9.17, 15) is 14.4 Å². The summed E-state index contributed by atoms with van der Waals surface area (Å²) in [6.07, 6.45) is 0.0641. The minimum atomic E-state index is -0.541. The van der Waals surface area contributed by atoms with Gasteiger partial charge in [0.25, 0.3) is 0 Å². The van der Waals surface area contributed by atoms with E-state index in [-0.39, 0.29) is 48.0 Å². The van der Waals surface area contributed by atoms with Crippen molar-refractivity contribution < 1.29 is 19.1 Å². The first-order chi connectivity index (χ1) is 8.55. The van der Waals surface area contributed by atoms with Gasteiger partial charge in [0.1, 0.15) is 5.60 Å². The molecule has 2 unspecified atom stereocenters. The minimum Gasteiger partial charge on any atom is -0.460 e. The van der Waals surface area contributed by atoms with Crippen molar-refractivity contribution in [3.05, 3.63) is 0 Å². The van der Waals surface area contributed by atoms with Crippen LogP contribution in [0.1, 0.15) is 41.0 Å². The smallest absolute Gasteiger partial charge is 0.308 e. The van der Waals surface area contributed by atoms with Gasteiger partial charge in [0.2, 0.25) is 11.8 Å². The Bertz CT molecular complexity index is 423. The van der Waals surface area contributed by atoms with Crippen molar-refractivity contribution in [1.82, 2.24) is 4.90 Å². The number of fused-ring (bicyclic) bond motifs is 1. The van der Waals surface area contributed by atoms with Crippen LogP contribution in [0.3, 0.4) is 0 Å². The number of ether oxygens (including phenoxy) is 1. The van der Waals surface area contributed by atoms with E-state index in [1.54, 1.807) is 20.8 Å². The van der Waals surface area contributed by atoms with Crippen molar-refractivity contribution in [3.63, 3.8) is 0 Å². The summed E-state index contributed by atoms with van der Waals surface area (Å²) < 4.78 is 5.16. The molecule has 1 aliphatic carbocycles. The number of imide groups is 1. The van der Waals surface area contributed by atoms with Crippen LogP contribution in [0.2, 0.25) is 0 Å². The second-order valence-electron chi connectivity index (χ2n) is 6.94. The summed E-state index contributed by atoms with van der Waals surface area (Å²) in [5.41, 5.74) is -0.739. The number of hydrogen-bond donors (Lipinski definition) is 0. The maximum absolute atomic E-state index is 12.0. The van der Waals surface area contributed by atoms with Crippen LogP contribution >= 0.6 is 0 Å². The predicted octanol–water partition coefficient (Wildman–Crippen LogP) is 1.36. The number of carbonyl (C=O) groups excluding carboxylic acids is 3. The van der Waals surface area contributed by atoms with Crippen LogP contribution in [0.4, 0.5) is 0 Å². The summed E-state index contributed by atoms with van der Waals surface area (Å²) in [6.45, 7) is 9.36. The van der Waals surface area contributed by atoms with E-state index in [1.165, 1.54) is 4.90 Å². The molecular weight excluding hydrogens is 246 g/mol. The Hall–Kier alpha value is -1.39. The normalized spacial score (nSPS) is 28.4. The number of carbonyl (C=O) groups is 3. The van der Waals surface area contributed by atoms with E-state index >= 15 is 0 Å². The second-order valence-corrected chi connectivity index (χ2v) is 6.94. The monoisotopic (exact) mass is 267 g/mol. The zero-order chi connectivity index (χ0) is 14.6. The number of nitrogens with zero attached hydrogens (tertiary/aromatic N) is 1. The molecule has 2 rings (SSSR count). The molecule has 5 heteroatoms. The van der Waals surface area contributed by atoms with Gasteiger partial charge in [-0.1, -0.05) is 13.8 Å². The van der Waals surface area contributed by atoms with Crippen molar-refractivity contribution in [2.45, 2.75) is 46.6 Å². The van der Waals surface area contributed by atoms with E-state index in [1.807, 2.05) is 13.8 Å². The maximum atomic E-state index is 12.0. The molecule has 0 bridgehead atoms. The predicted molar refractivity (Wildman–Crippen MR) is 67.9 cm³/mol. The fourth-order valence-electron chi connectivity index (χ4n) is 2.82. The van der Waals surface area contributed by atoms with Crippen LogP contribution in [0.15, 0.2) is 0 Å². The second kappa shape index (κ2) is 4.05. The van der Waals surface area contributed by atoms with Crippen molar-refractivity contribution in [1.29, 1.82) is 0 Å².